The molecule has 0 N–H and O–H groups in total. The number of ether oxygens (including phenoxy) is 1. The minimum Gasteiger partial charge on any atom is -0.591 e. The van der Waals surface area contributed by atoms with E-state index >= 15 is 0 Å². The van der Waals surface area contributed by atoms with Crippen LogP contribution in [0.2, 0.25) is 0 Å². The van der Waals surface area contributed by atoms with Crippen LogP contribution in [0.4, 0.5) is 0 Å². The molecule has 0 aliphatic heterocycles. The zero-order valence-corrected chi connectivity index (χ0v) is 21.0. The monoisotopic (exact) mass is 473 g/mol. The lowest BCUT2D eigenvalue weighted by Gasteiger charge is -2.18. The molecule has 3 nitrogen and oxygen atoms in total. The maximum Gasteiger partial charge on any atom is 0.144 e. The predicted molar refractivity (Wildman–Crippen MR) is 142 cm³/mol. The number of hydrogen-bond donors (Lipinski definition) is 0. The Bertz CT molecular complexity index is 1360. The lowest BCUT2D eigenvalue weighted by molar-refractivity contribution is 0.153. The zero-order chi connectivity index (χ0) is 23.4. The molecule has 33 heavy (non-hydrogen) atoms. The van der Waals surface area contributed by atoms with Crippen LogP contribution >= 0.6 is 11.3 Å². The second-order valence-corrected chi connectivity index (χ2v) is 11.8. The van der Waals surface area contributed by atoms with Crippen LogP contribution in [0.5, 0.6) is 0 Å². The van der Waals surface area contributed by atoms with Gasteiger partial charge in [0.2, 0.25) is 0 Å². The molecule has 168 valence electrons. The highest BCUT2D eigenvalue weighted by molar-refractivity contribution is 7.91. The van der Waals surface area contributed by atoms with Gasteiger partial charge in [0.15, 0.2) is 0 Å². The van der Waals surface area contributed by atoms with E-state index in [9.17, 15) is 4.55 Å². The molecule has 4 rings (SSSR count). The van der Waals surface area contributed by atoms with Crippen molar-refractivity contribution in [3.63, 3.8) is 0 Å². The average Bonchev–Trinajstić information content (AvgIpc) is 3.16. The summed E-state index contributed by atoms with van der Waals surface area (Å²) in [6, 6.07) is 22.8. The van der Waals surface area contributed by atoms with Crippen molar-refractivity contribution in [2.24, 2.45) is 4.40 Å². The first-order valence-corrected chi connectivity index (χ1v) is 12.8. The van der Waals surface area contributed by atoms with E-state index in [0.29, 0.717) is 13.2 Å². The molecule has 0 fully saturated rings. The van der Waals surface area contributed by atoms with E-state index in [4.69, 9.17) is 4.74 Å². The molecule has 0 radical (unpaired) electrons. The molecule has 0 aliphatic rings. The van der Waals surface area contributed by atoms with Crippen LogP contribution < -0.4 is 0 Å². The number of rotatable bonds is 5. The van der Waals surface area contributed by atoms with Gasteiger partial charge in [-0.2, -0.15) is 0 Å². The number of hydrogen-bond acceptors (Lipinski definition) is 4. The van der Waals surface area contributed by atoms with Crippen molar-refractivity contribution >= 4 is 48.6 Å². The van der Waals surface area contributed by atoms with Gasteiger partial charge in [-0.05, 0) is 63.6 Å². The highest BCUT2D eigenvalue weighted by atomic mass is 32.2. The largest absolute Gasteiger partial charge is 0.591 e. The van der Waals surface area contributed by atoms with Crippen molar-refractivity contribution in [2.45, 2.75) is 39.0 Å². The van der Waals surface area contributed by atoms with E-state index in [1.54, 1.807) is 11.3 Å². The summed E-state index contributed by atoms with van der Waals surface area (Å²) in [5.74, 6) is 6.34. The molecule has 1 heterocycles. The Morgan fingerprint density at radius 3 is 2.42 bits per heavy atom. The van der Waals surface area contributed by atoms with Crippen molar-refractivity contribution < 1.29 is 9.29 Å². The first-order chi connectivity index (χ1) is 15.8. The van der Waals surface area contributed by atoms with Gasteiger partial charge < -0.3 is 9.29 Å². The van der Waals surface area contributed by atoms with Crippen LogP contribution in [0.1, 0.15) is 44.4 Å². The van der Waals surface area contributed by atoms with Crippen molar-refractivity contribution in [3.05, 3.63) is 83.4 Å². The maximum absolute atomic E-state index is 12.4. The summed E-state index contributed by atoms with van der Waals surface area (Å²) in [5.41, 5.74) is 3.89. The van der Waals surface area contributed by atoms with Gasteiger partial charge in [0, 0.05) is 31.3 Å². The third kappa shape index (κ3) is 5.85. The lowest BCUT2D eigenvalue weighted by atomic mass is 10.1. The molecule has 1 aromatic heterocycles. The third-order valence-corrected chi connectivity index (χ3v) is 7.79. The van der Waals surface area contributed by atoms with Crippen molar-refractivity contribution in [3.8, 4) is 11.8 Å². The van der Waals surface area contributed by atoms with Crippen molar-refractivity contribution in [2.75, 3.05) is 6.61 Å². The second-order valence-electron chi connectivity index (χ2n) is 8.84. The predicted octanol–water partition coefficient (Wildman–Crippen LogP) is 6.89. The number of nitrogens with zero attached hydrogens (tertiary/aromatic N) is 1. The van der Waals surface area contributed by atoms with Gasteiger partial charge >= 0.3 is 0 Å². The molecule has 0 bridgehead atoms. The van der Waals surface area contributed by atoms with E-state index in [1.165, 1.54) is 20.2 Å². The van der Waals surface area contributed by atoms with E-state index in [1.807, 2.05) is 58.0 Å². The van der Waals surface area contributed by atoms with E-state index in [-0.39, 0.29) is 4.75 Å². The van der Waals surface area contributed by atoms with Gasteiger partial charge in [0.1, 0.15) is 22.7 Å². The fourth-order valence-corrected chi connectivity index (χ4v) is 5.02. The molecule has 1 atom stereocenters. The van der Waals surface area contributed by atoms with Gasteiger partial charge in [-0.25, -0.2) is 0 Å². The molecule has 0 aliphatic carbocycles. The highest BCUT2D eigenvalue weighted by Gasteiger charge is 2.26. The summed E-state index contributed by atoms with van der Waals surface area (Å²) in [4.78, 5) is 0. The summed E-state index contributed by atoms with van der Waals surface area (Å²) in [5, 5.41) is 2.35. The Labute approximate surface area is 202 Å². The Hall–Kier alpha value is -2.62. The molecule has 0 unspecified atom stereocenters. The standard InChI is InChI=1S/C28H27NO2S2/c1-20(29-33(30)28(2,3)4)23-13-15-27-25(18-23)24-17-21(12-14-26(24)32-27)11-8-16-31-19-22-9-6-5-7-10-22/h5-7,9-10,12-15,17-18H,16,19H2,1-4H3/b29-20+/t33-/m1/s1. The summed E-state index contributed by atoms with van der Waals surface area (Å²) in [6.45, 7) is 8.68. The molecule has 0 saturated heterocycles. The van der Waals surface area contributed by atoms with E-state index < -0.39 is 11.4 Å². The average molecular weight is 474 g/mol. The highest BCUT2D eigenvalue weighted by Crippen LogP contribution is 2.35. The molecule has 0 spiro atoms. The van der Waals surface area contributed by atoms with E-state index in [2.05, 4.69) is 52.6 Å². The number of fused-ring (bicyclic) bond motifs is 3. The Kier molecular flexibility index (Phi) is 7.21. The molecular formula is C28H27NO2S2. The minimum absolute atomic E-state index is 0.376. The summed E-state index contributed by atoms with van der Waals surface area (Å²) < 4.78 is 24.6. The van der Waals surface area contributed by atoms with Gasteiger partial charge in [-0.3, -0.25) is 0 Å². The van der Waals surface area contributed by atoms with Gasteiger partial charge in [-0.1, -0.05) is 52.6 Å². The molecule has 5 heteroatoms. The normalized spacial score (nSPS) is 13.2. The molecule has 4 aromatic rings. The van der Waals surface area contributed by atoms with Crippen LogP contribution in [0.25, 0.3) is 20.2 Å². The summed E-state index contributed by atoms with van der Waals surface area (Å²) in [7, 11) is 0. The van der Waals surface area contributed by atoms with E-state index in [0.717, 1.165) is 22.4 Å². The topological polar surface area (TPSA) is 44.7 Å². The number of benzene rings is 3. The van der Waals surface area contributed by atoms with Gasteiger partial charge in [0.05, 0.1) is 12.3 Å². The lowest BCUT2D eigenvalue weighted by Crippen LogP contribution is -2.26. The van der Waals surface area contributed by atoms with Crippen LogP contribution in [0.3, 0.4) is 0 Å². The second kappa shape index (κ2) is 10.1. The fraction of sp³-hybridized carbons (Fsp3) is 0.250. The fourth-order valence-electron chi connectivity index (χ4n) is 3.33. The molecule has 0 amide bonds. The Morgan fingerprint density at radius 2 is 1.70 bits per heavy atom. The maximum atomic E-state index is 12.4. The van der Waals surface area contributed by atoms with Gasteiger partial charge in [-0.15, -0.1) is 11.3 Å². The Balaban J connectivity index is 1.55. The third-order valence-electron chi connectivity index (χ3n) is 5.15. The van der Waals surface area contributed by atoms with Crippen LogP contribution in [-0.4, -0.2) is 21.6 Å². The van der Waals surface area contributed by atoms with Crippen molar-refractivity contribution in [1.29, 1.82) is 0 Å². The summed E-state index contributed by atoms with van der Waals surface area (Å²) >= 11 is 0.485. The molecule has 0 saturated carbocycles. The van der Waals surface area contributed by atoms with Crippen LogP contribution in [0.15, 0.2) is 71.1 Å². The SMILES string of the molecule is C/C(=N\[S@+]([O-])C(C)(C)C)c1ccc2sc3ccc(C#CCOCc4ccccc4)cc3c2c1. The minimum atomic E-state index is -1.28. The van der Waals surface area contributed by atoms with Crippen molar-refractivity contribution in [1.82, 2.24) is 0 Å². The smallest absolute Gasteiger partial charge is 0.144 e. The molecule has 3 aromatic carbocycles. The Morgan fingerprint density at radius 1 is 1.00 bits per heavy atom. The summed E-state index contributed by atoms with van der Waals surface area (Å²) in [6.07, 6.45) is 0. The first-order valence-electron chi connectivity index (χ1n) is 10.9. The van der Waals surface area contributed by atoms with Crippen LogP contribution in [0, 0.1) is 11.8 Å². The van der Waals surface area contributed by atoms with Crippen LogP contribution in [-0.2, 0) is 22.7 Å². The molecular weight excluding hydrogens is 446 g/mol. The van der Waals surface area contributed by atoms with Gasteiger partial charge in [0.25, 0.3) is 0 Å². The first kappa shape index (κ1) is 23.5. The number of thiophene rings is 1. The quantitative estimate of drug-likeness (QED) is 0.137. The zero-order valence-electron chi connectivity index (χ0n) is 19.3.